The van der Waals surface area contributed by atoms with E-state index < -0.39 is 5.41 Å². The van der Waals surface area contributed by atoms with Gasteiger partial charge in [0.1, 0.15) is 22.7 Å². The molecule has 16 rings (SSSR count). The Morgan fingerprint density at radius 2 is 0.875 bits per heavy atom. The topological polar surface area (TPSA) is 28.9 Å². The van der Waals surface area contributed by atoms with E-state index in [0.29, 0.717) is 0 Å². The summed E-state index contributed by atoms with van der Waals surface area (Å²) in [5, 5.41) is 2.02. The number of furan rings is 1. The Kier molecular flexibility index (Phi) is 10.2. The summed E-state index contributed by atoms with van der Waals surface area (Å²) in [7, 11) is 0. The van der Waals surface area contributed by atoms with Gasteiger partial charge in [0.2, 0.25) is 0 Å². The first-order valence-electron chi connectivity index (χ1n) is 27.7. The normalized spacial score (nSPS) is 13.7. The zero-order valence-corrected chi connectivity index (χ0v) is 44.3. The Morgan fingerprint density at radius 3 is 1.60 bits per heavy atom. The van der Waals surface area contributed by atoms with E-state index in [9.17, 15) is 0 Å². The Hall–Kier alpha value is -10.2. The second-order valence-corrected chi connectivity index (χ2v) is 21.9. The number of hydrogen-bond donors (Lipinski definition) is 0. The molecule has 2 aliphatic carbocycles. The summed E-state index contributed by atoms with van der Waals surface area (Å²) < 4.78 is 14.4. The van der Waals surface area contributed by atoms with Gasteiger partial charge in [0.25, 0.3) is 0 Å². The van der Waals surface area contributed by atoms with Gasteiger partial charge in [-0.15, -0.1) is 0 Å². The number of anilines is 6. The van der Waals surface area contributed by atoms with Gasteiger partial charge in [-0.1, -0.05) is 208 Å². The lowest BCUT2D eigenvalue weighted by atomic mass is 9.65. The van der Waals surface area contributed by atoms with Crippen LogP contribution in [0, 0.1) is 0 Å². The van der Waals surface area contributed by atoms with Crippen molar-refractivity contribution in [3.63, 3.8) is 0 Å². The summed E-state index contributed by atoms with van der Waals surface area (Å²) >= 11 is 0. The number of ether oxygens (including phenoxy) is 1. The number of para-hydroxylation sites is 3. The molecule has 0 saturated heterocycles. The number of rotatable bonds is 8. The van der Waals surface area contributed by atoms with Crippen molar-refractivity contribution in [2.45, 2.75) is 24.7 Å². The minimum Gasteiger partial charge on any atom is -0.456 e. The third-order valence-corrected chi connectivity index (χ3v) is 17.3. The van der Waals surface area contributed by atoms with Crippen molar-refractivity contribution in [2.75, 3.05) is 9.80 Å². The van der Waals surface area contributed by atoms with Crippen LogP contribution in [-0.4, -0.2) is 0 Å². The molecule has 4 nitrogen and oxygen atoms in total. The molecular weight excluding hydrogens is 973 g/mol. The average Bonchev–Trinajstić information content (AvgIpc) is 4.28. The lowest BCUT2D eigenvalue weighted by Crippen LogP contribution is -2.32. The highest BCUT2D eigenvalue weighted by Gasteiger charge is 2.52. The fraction of sp³-hybridized carbons (Fsp3) is 0.0526. The highest BCUT2D eigenvalue weighted by molar-refractivity contribution is 6.15. The first kappa shape index (κ1) is 46.0. The maximum atomic E-state index is 7.44. The van der Waals surface area contributed by atoms with Gasteiger partial charge in [-0.2, -0.15) is 0 Å². The van der Waals surface area contributed by atoms with Crippen LogP contribution in [0.25, 0.3) is 66.4 Å². The standard InChI is InChI=1S/C76H52N2O2/c1-75(2)61-33-15-12-30-56(61)59-42-40-51(47-66(59)75)50-24-20-29-54(46-50)77(52-25-8-4-9-26-52)55-41-45-69-60(48-55)73-67(37-21-39-71(73)79-69)78(53-27-10-5-11-28-53)68-44-43-65-74(72(68)49-22-6-3-7-23-49)80-70-38-19-18-36-64(70)76(65)62-34-16-13-31-57(62)58-32-14-17-35-63(58)76/h3-48H,1-2H3. The number of fused-ring (bicyclic) bond motifs is 15. The van der Waals surface area contributed by atoms with E-state index in [-0.39, 0.29) is 5.41 Å². The number of benzene rings is 12. The molecule has 0 radical (unpaired) electrons. The first-order valence-corrected chi connectivity index (χ1v) is 27.7. The van der Waals surface area contributed by atoms with Crippen LogP contribution in [0.3, 0.4) is 0 Å². The van der Waals surface area contributed by atoms with Crippen molar-refractivity contribution < 1.29 is 9.15 Å². The van der Waals surface area contributed by atoms with Gasteiger partial charge in [-0.3, -0.25) is 0 Å². The van der Waals surface area contributed by atoms with Crippen LogP contribution in [0.15, 0.2) is 283 Å². The summed E-state index contributed by atoms with van der Waals surface area (Å²) in [6.07, 6.45) is 0. The highest BCUT2D eigenvalue weighted by atomic mass is 16.5. The maximum Gasteiger partial charge on any atom is 0.142 e. The van der Waals surface area contributed by atoms with Gasteiger partial charge in [0.05, 0.1) is 22.2 Å². The van der Waals surface area contributed by atoms with Crippen molar-refractivity contribution in [2.24, 2.45) is 0 Å². The largest absolute Gasteiger partial charge is 0.456 e. The Labute approximate surface area is 465 Å². The fourth-order valence-corrected chi connectivity index (χ4v) is 13.8. The predicted octanol–water partition coefficient (Wildman–Crippen LogP) is 20.6. The van der Waals surface area contributed by atoms with Crippen LogP contribution < -0.4 is 14.5 Å². The van der Waals surface area contributed by atoms with Gasteiger partial charge < -0.3 is 19.0 Å². The molecule has 1 spiro atoms. The van der Waals surface area contributed by atoms with Gasteiger partial charge in [-0.25, -0.2) is 0 Å². The van der Waals surface area contributed by atoms with E-state index in [4.69, 9.17) is 9.15 Å². The SMILES string of the molecule is CC1(C)c2ccccc2-c2ccc(-c3cccc(N(c4ccccc4)c4ccc5oc6cccc(N(c7ccccc7)c7ccc8c(c7-c7ccccc7)Oc7ccccc7C87c8ccccc8-c8ccccc87)c6c5c4)c3)cc21. The summed E-state index contributed by atoms with van der Waals surface area (Å²) in [4.78, 5) is 4.78. The second kappa shape index (κ2) is 17.7. The number of nitrogens with zero attached hydrogens (tertiary/aromatic N) is 2. The van der Waals surface area contributed by atoms with E-state index in [1.807, 2.05) is 0 Å². The van der Waals surface area contributed by atoms with Crippen LogP contribution in [0.4, 0.5) is 34.1 Å². The average molecular weight is 1030 g/mol. The Morgan fingerprint density at radius 1 is 0.325 bits per heavy atom. The van der Waals surface area contributed by atoms with E-state index in [0.717, 1.165) is 95.4 Å². The Bertz CT molecular complexity index is 4570. The summed E-state index contributed by atoms with van der Waals surface area (Å²) in [6, 6.07) is 101. The summed E-state index contributed by atoms with van der Waals surface area (Å²) in [5.41, 5.74) is 24.0. The van der Waals surface area contributed by atoms with Crippen LogP contribution in [0.1, 0.15) is 47.2 Å². The van der Waals surface area contributed by atoms with Crippen molar-refractivity contribution in [3.05, 3.63) is 312 Å². The third-order valence-electron chi connectivity index (χ3n) is 17.3. The zero-order chi connectivity index (χ0) is 53.1. The van der Waals surface area contributed by atoms with Gasteiger partial charge in [-0.05, 0) is 146 Å². The third kappa shape index (κ3) is 6.69. The smallest absolute Gasteiger partial charge is 0.142 e. The van der Waals surface area contributed by atoms with E-state index >= 15 is 0 Å². The molecule has 4 heteroatoms. The lowest BCUT2D eigenvalue weighted by Gasteiger charge is -2.41. The minimum atomic E-state index is -0.636. The molecule has 0 saturated carbocycles. The first-order chi connectivity index (χ1) is 39.4. The summed E-state index contributed by atoms with van der Waals surface area (Å²) in [5.74, 6) is 1.68. The molecular formula is C76H52N2O2. The molecule has 13 aromatic rings. The monoisotopic (exact) mass is 1020 g/mol. The quantitative estimate of drug-likeness (QED) is 0.152. The summed E-state index contributed by atoms with van der Waals surface area (Å²) in [6.45, 7) is 4.70. The zero-order valence-electron chi connectivity index (χ0n) is 44.3. The molecule has 0 N–H and O–H groups in total. The predicted molar refractivity (Wildman–Crippen MR) is 329 cm³/mol. The maximum absolute atomic E-state index is 7.44. The molecule has 1 aliphatic heterocycles. The molecule has 12 aromatic carbocycles. The van der Waals surface area contributed by atoms with Crippen molar-refractivity contribution in [3.8, 4) is 56.0 Å². The molecule has 2 heterocycles. The van der Waals surface area contributed by atoms with Crippen LogP contribution in [-0.2, 0) is 10.8 Å². The molecule has 0 atom stereocenters. The van der Waals surface area contributed by atoms with Crippen molar-refractivity contribution >= 4 is 56.1 Å². The molecule has 1 aromatic heterocycles. The van der Waals surface area contributed by atoms with Crippen LogP contribution in [0.5, 0.6) is 11.5 Å². The van der Waals surface area contributed by atoms with E-state index in [2.05, 4.69) is 303 Å². The minimum absolute atomic E-state index is 0.103. The van der Waals surface area contributed by atoms with E-state index in [1.54, 1.807) is 0 Å². The second-order valence-electron chi connectivity index (χ2n) is 21.9. The highest BCUT2D eigenvalue weighted by Crippen LogP contribution is 2.65. The van der Waals surface area contributed by atoms with Gasteiger partial charge >= 0.3 is 0 Å². The molecule has 80 heavy (non-hydrogen) atoms. The van der Waals surface area contributed by atoms with Gasteiger partial charge in [0, 0.05) is 50.2 Å². The molecule has 0 fully saturated rings. The molecule has 0 bridgehead atoms. The molecule has 0 amide bonds. The fourth-order valence-electron chi connectivity index (χ4n) is 13.8. The van der Waals surface area contributed by atoms with Gasteiger partial charge in [0.15, 0.2) is 0 Å². The number of hydrogen-bond acceptors (Lipinski definition) is 4. The van der Waals surface area contributed by atoms with Crippen molar-refractivity contribution in [1.82, 2.24) is 0 Å². The molecule has 3 aliphatic rings. The van der Waals surface area contributed by atoms with E-state index in [1.165, 1.54) is 50.1 Å². The molecule has 378 valence electrons. The lowest BCUT2D eigenvalue weighted by molar-refractivity contribution is 0.438. The van der Waals surface area contributed by atoms with Crippen LogP contribution >= 0.6 is 0 Å². The Balaban J connectivity index is 0.898. The molecule has 0 unspecified atom stereocenters. The van der Waals surface area contributed by atoms with Crippen LogP contribution in [0.2, 0.25) is 0 Å². The van der Waals surface area contributed by atoms with Crippen molar-refractivity contribution in [1.29, 1.82) is 0 Å².